The minimum Gasteiger partial charge on any atom is -0.481 e. The van der Waals surface area contributed by atoms with Gasteiger partial charge in [0.15, 0.2) is 5.76 Å². The number of carboxylic acid groups (broad SMARTS) is 1. The summed E-state index contributed by atoms with van der Waals surface area (Å²) in [5.74, 6) is -1.26. The quantitative estimate of drug-likeness (QED) is 0.842. The first-order valence-electron chi connectivity index (χ1n) is 8.92. The number of carbonyl (C=O) groups excluding carboxylic acids is 2. The Bertz CT molecular complexity index is 780. The number of furan rings is 1. The zero-order chi connectivity index (χ0) is 19.2. The molecule has 1 N–H and O–H groups in total. The SMILES string of the molecule is O=C(O)C[C@@H](CC(=O)N1CCN(C(=O)c2ccco2)CC1)c1ccccc1. The van der Waals surface area contributed by atoms with Crippen molar-refractivity contribution in [2.75, 3.05) is 26.2 Å². The lowest BCUT2D eigenvalue weighted by molar-refractivity contribution is -0.138. The van der Waals surface area contributed by atoms with E-state index in [-0.39, 0.29) is 30.6 Å². The average molecular weight is 370 g/mol. The molecule has 1 aliphatic heterocycles. The van der Waals surface area contributed by atoms with Gasteiger partial charge in [-0.1, -0.05) is 30.3 Å². The molecule has 0 aliphatic carbocycles. The van der Waals surface area contributed by atoms with Crippen LogP contribution in [0.5, 0.6) is 0 Å². The van der Waals surface area contributed by atoms with Gasteiger partial charge in [0, 0.05) is 38.5 Å². The summed E-state index contributed by atoms with van der Waals surface area (Å²) >= 11 is 0. The van der Waals surface area contributed by atoms with Crippen LogP contribution in [0, 0.1) is 0 Å². The monoisotopic (exact) mass is 370 g/mol. The van der Waals surface area contributed by atoms with Gasteiger partial charge in [-0.15, -0.1) is 0 Å². The molecule has 3 rings (SSSR count). The maximum absolute atomic E-state index is 12.7. The minimum atomic E-state index is -0.925. The van der Waals surface area contributed by atoms with E-state index < -0.39 is 5.97 Å². The number of carboxylic acids is 1. The molecule has 1 saturated heterocycles. The Morgan fingerprint density at radius 2 is 1.59 bits per heavy atom. The van der Waals surface area contributed by atoms with Gasteiger partial charge in [-0.3, -0.25) is 14.4 Å². The van der Waals surface area contributed by atoms with E-state index in [0.717, 1.165) is 5.56 Å². The Morgan fingerprint density at radius 1 is 0.926 bits per heavy atom. The highest BCUT2D eigenvalue weighted by Crippen LogP contribution is 2.25. The molecule has 0 spiro atoms. The number of carbonyl (C=O) groups is 3. The van der Waals surface area contributed by atoms with E-state index in [0.29, 0.717) is 31.9 Å². The van der Waals surface area contributed by atoms with Crippen LogP contribution in [0.1, 0.15) is 34.9 Å². The number of nitrogens with zero attached hydrogens (tertiary/aromatic N) is 2. The summed E-state index contributed by atoms with van der Waals surface area (Å²) in [7, 11) is 0. The number of benzene rings is 1. The number of hydrogen-bond donors (Lipinski definition) is 1. The van der Waals surface area contributed by atoms with Crippen molar-refractivity contribution in [2.24, 2.45) is 0 Å². The lowest BCUT2D eigenvalue weighted by Crippen LogP contribution is -2.50. The minimum absolute atomic E-state index is 0.0878. The van der Waals surface area contributed by atoms with Crippen molar-refractivity contribution in [1.82, 2.24) is 9.80 Å². The van der Waals surface area contributed by atoms with Gasteiger partial charge in [0.2, 0.25) is 5.91 Å². The van der Waals surface area contributed by atoms with Crippen molar-refractivity contribution in [3.63, 3.8) is 0 Å². The molecule has 142 valence electrons. The predicted molar refractivity (Wildman–Crippen MR) is 97.2 cm³/mol. The summed E-state index contributed by atoms with van der Waals surface area (Å²) < 4.78 is 5.13. The van der Waals surface area contributed by atoms with Crippen molar-refractivity contribution in [3.05, 3.63) is 60.1 Å². The first kappa shape index (κ1) is 18.7. The topological polar surface area (TPSA) is 91.1 Å². The molecule has 0 unspecified atom stereocenters. The Balaban J connectivity index is 1.58. The largest absolute Gasteiger partial charge is 0.481 e. The second kappa shape index (κ2) is 8.53. The van der Waals surface area contributed by atoms with E-state index in [1.54, 1.807) is 21.9 Å². The number of piperazine rings is 1. The van der Waals surface area contributed by atoms with Crippen molar-refractivity contribution in [2.45, 2.75) is 18.8 Å². The number of rotatable bonds is 6. The van der Waals surface area contributed by atoms with Crippen LogP contribution in [0.2, 0.25) is 0 Å². The number of hydrogen-bond acceptors (Lipinski definition) is 4. The van der Waals surface area contributed by atoms with E-state index in [1.165, 1.54) is 6.26 Å². The first-order valence-corrected chi connectivity index (χ1v) is 8.92. The molecular formula is C20H22N2O5. The Hall–Kier alpha value is -3.09. The highest BCUT2D eigenvalue weighted by molar-refractivity contribution is 5.91. The third-order valence-corrected chi connectivity index (χ3v) is 4.76. The lowest BCUT2D eigenvalue weighted by Gasteiger charge is -2.35. The van der Waals surface area contributed by atoms with Gasteiger partial charge in [0.25, 0.3) is 5.91 Å². The smallest absolute Gasteiger partial charge is 0.303 e. The highest BCUT2D eigenvalue weighted by atomic mass is 16.4. The number of amides is 2. The maximum Gasteiger partial charge on any atom is 0.303 e. The summed E-state index contributed by atoms with van der Waals surface area (Å²) in [4.78, 5) is 39.5. The maximum atomic E-state index is 12.7. The Morgan fingerprint density at radius 3 is 2.19 bits per heavy atom. The molecule has 2 aromatic rings. The summed E-state index contributed by atoms with van der Waals surface area (Å²) in [6.45, 7) is 1.72. The van der Waals surface area contributed by atoms with Gasteiger partial charge in [-0.05, 0) is 17.7 Å². The van der Waals surface area contributed by atoms with Gasteiger partial charge in [-0.25, -0.2) is 0 Å². The van der Waals surface area contributed by atoms with Crippen LogP contribution >= 0.6 is 0 Å². The first-order chi connectivity index (χ1) is 13.0. The summed E-state index contributed by atoms with van der Waals surface area (Å²) in [5.41, 5.74) is 0.847. The fourth-order valence-corrected chi connectivity index (χ4v) is 3.30. The molecule has 7 nitrogen and oxygen atoms in total. The standard InChI is InChI=1S/C20H22N2O5/c23-18(13-16(14-19(24)25)15-5-2-1-3-6-15)21-8-10-22(11-9-21)20(26)17-7-4-12-27-17/h1-7,12,16H,8-11,13-14H2,(H,24,25)/t16-/m1/s1. The summed E-state index contributed by atoms with van der Waals surface area (Å²) in [6, 6.07) is 12.5. The zero-order valence-electron chi connectivity index (χ0n) is 14.9. The second-order valence-corrected chi connectivity index (χ2v) is 6.56. The summed E-state index contributed by atoms with van der Waals surface area (Å²) in [5, 5.41) is 9.18. The van der Waals surface area contributed by atoms with E-state index >= 15 is 0 Å². The van der Waals surface area contributed by atoms with Gasteiger partial charge in [0.05, 0.1) is 12.7 Å². The molecule has 2 amide bonds. The Kier molecular flexibility index (Phi) is 5.90. The van der Waals surface area contributed by atoms with Crippen molar-refractivity contribution in [1.29, 1.82) is 0 Å². The average Bonchev–Trinajstić information content (AvgIpc) is 3.22. The fourth-order valence-electron chi connectivity index (χ4n) is 3.30. The van der Waals surface area contributed by atoms with E-state index in [9.17, 15) is 19.5 Å². The lowest BCUT2D eigenvalue weighted by atomic mass is 9.92. The summed E-state index contributed by atoms with van der Waals surface area (Å²) in [6.07, 6.45) is 1.51. The second-order valence-electron chi connectivity index (χ2n) is 6.56. The van der Waals surface area contributed by atoms with Crippen LogP contribution in [0.3, 0.4) is 0 Å². The van der Waals surface area contributed by atoms with Crippen molar-refractivity contribution >= 4 is 17.8 Å². The van der Waals surface area contributed by atoms with Gasteiger partial charge < -0.3 is 19.3 Å². The van der Waals surface area contributed by atoms with Crippen molar-refractivity contribution < 1.29 is 23.9 Å². The van der Waals surface area contributed by atoms with Crippen LogP contribution in [0.4, 0.5) is 0 Å². The molecule has 1 fully saturated rings. The molecule has 27 heavy (non-hydrogen) atoms. The molecule has 0 bridgehead atoms. The van der Waals surface area contributed by atoms with E-state index in [2.05, 4.69) is 0 Å². The molecule has 1 aromatic heterocycles. The predicted octanol–water partition coefficient (Wildman–Crippen LogP) is 2.21. The number of aliphatic carboxylic acids is 1. The van der Waals surface area contributed by atoms with Gasteiger partial charge in [0.1, 0.15) is 0 Å². The molecule has 1 aromatic carbocycles. The molecule has 7 heteroatoms. The molecule has 0 radical (unpaired) electrons. The van der Waals surface area contributed by atoms with Crippen LogP contribution < -0.4 is 0 Å². The van der Waals surface area contributed by atoms with Crippen LogP contribution in [-0.4, -0.2) is 58.9 Å². The van der Waals surface area contributed by atoms with Gasteiger partial charge in [-0.2, -0.15) is 0 Å². The third kappa shape index (κ3) is 4.75. The molecule has 0 saturated carbocycles. The van der Waals surface area contributed by atoms with E-state index in [1.807, 2.05) is 30.3 Å². The zero-order valence-corrected chi connectivity index (χ0v) is 14.9. The Labute approximate surface area is 157 Å². The van der Waals surface area contributed by atoms with Gasteiger partial charge >= 0.3 is 5.97 Å². The molecule has 1 atom stereocenters. The van der Waals surface area contributed by atoms with Crippen molar-refractivity contribution in [3.8, 4) is 0 Å². The highest BCUT2D eigenvalue weighted by Gasteiger charge is 2.28. The molecular weight excluding hydrogens is 348 g/mol. The van der Waals surface area contributed by atoms with Crippen LogP contribution in [-0.2, 0) is 9.59 Å². The molecule has 2 heterocycles. The van der Waals surface area contributed by atoms with E-state index in [4.69, 9.17) is 4.42 Å². The normalized spacial score (nSPS) is 15.4. The third-order valence-electron chi connectivity index (χ3n) is 4.76. The van der Waals surface area contributed by atoms with Crippen LogP contribution in [0.15, 0.2) is 53.1 Å². The van der Waals surface area contributed by atoms with Crippen LogP contribution in [0.25, 0.3) is 0 Å². The fraction of sp³-hybridized carbons (Fsp3) is 0.350. The molecule has 1 aliphatic rings.